The third kappa shape index (κ3) is 2.70. The summed E-state index contributed by atoms with van der Waals surface area (Å²) in [7, 11) is 0. The normalized spacial score (nSPS) is 11.6. The molecule has 22 heavy (non-hydrogen) atoms. The molecule has 3 aromatic rings. The van der Waals surface area contributed by atoms with E-state index < -0.39 is 5.41 Å². The number of ether oxygens (including phenoxy) is 1. The molecular formula is C17H17N3O2. The average molecular weight is 295 g/mol. The highest BCUT2D eigenvalue weighted by atomic mass is 16.5. The molecule has 3 rings (SSSR count). The van der Waals surface area contributed by atoms with Gasteiger partial charge in [-0.3, -0.25) is 4.79 Å². The van der Waals surface area contributed by atoms with Crippen LogP contribution in [0.25, 0.3) is 11.2 Å². The SMILES string of the molecule is CC(C)(C)C(=O)c1c[nH]c2ncc(Oc3ccccc3)nc12. The largest absolute Gasteiger partial charge is 0.437 e. The van der Waals surface area contributed by atoms with Gasteiger partial charge < -0.3 is 9.72 Å². The quantitative estimate of drug-likeness (QED) is 0.742. The first kappa shape index (κ1) is 14.3. The molecule has 2 aromatic heterocycles. The lowest BCUT2D eigenvalue weighted by molar-refractivity contribution is 0.0860. The van der Waals surface area contributed by atoms with Crippen molar-refractivity contribution in [3.05, 3.63) is 48.3 Å². The average Bonchev–Trinajstić information content (AvgIpc) is 2.89. The molecule has 0 aliphatic heterocycles. The zero-order valence-corrected chi connectivity index (χ0v) is 12.8. The Balaban J connectivity index is 2.00. The van der Waals surface area contributed by atoms with Crippen LogP contribution >= 0.6 is 0 Å². The van der Waals surface area contributed by atoms with Gasteiger partial charge in [-0.15, -0.1) is 0 Å². The monoisotopic (exact) mass is 295 g/mol. The Morgan fingerprint density at radius 3 is 2.59 bits per heavy atom. The van der Waals surface area contributed by atoms with Crippen LogP contribution in [0.1, 0.15) is 31.1 Å². The summed E-state index contributed by atoms with van der Waals surface area (Å²) in [6, 6.07) is 9.35. The number of Topliss-reactive ketones (excluding diaryl/α,β-unsaturated/α-hetero) is 1. The van der Waals surface area contributed by atoms with Crippen molar-refractivity contribution < 1.29 is 9.53 Å². The first-order valence-electron chi connectivity index (χ1n) is 7.07. The summed E-state index contributed by atoms with van der Waals surface area (Å²) in [6.45, 7) is 5.64. The van der Waals surface area contributed by atoms with Crippen LogP contribution in [0.2, 0.25) is 0 Å². The summed E-state index contributed by atoms with van der Waals surface area (Å²) in [5, 5.41) is 0. The lowest BCUT2D eigenvalue weighted by Crippen LogP contribution is -2.20. The second kappa shape index (κ2) is 5.26. The van der Waals surface area contributed by atoms with Gasteiger partial charge in [0, 0.05) is 11.6 Å². The highest BCUT2D eigenvalue weighted by Gasteiger charge is 2.26. The van der Waals surface area contributed by atoms with Crippen molar-refractivity contribution in [3.8, 4) is 11.6 Å². The lowest BCUT2D eigenvalue weighted by atomic mass is 9.87. The van der Waals surface area contributed by atoms with Gasteiger partial charge in [0.15, 0.2) is 11.4 Å². The number of nitrogens with zero attached hydrogens (tertiary/aromatic N) is 2. The molecule has 0 bridgehead atoms. The zero-order chi connectivity index (χ0) is 15.7. The molecule has 112 valence electrons. The first-order chi connectivity index (χ1) is 10.4. The Labute approximate surface area is 128 Å². The second-order valence-electron chi connectivity index (χ2n) is 6.10. The number of fused-ring (bicyclic) bond motifs is 1. The molecule has 2 heterocycles. The van der Waals surface area contributed by atoms with Crippen molar-refractivity contribution in [1.82, 2.24) is 15.0 Å². The molecule has 0 fully saturated rings. The molecule has 0 unspecified atom stereocenters. The number of carbonyl (C=O) groups is 1. The van der Waals surface area contributed by atoms with Gasteiger partial charge in [-0.1, -0.05) is 39.0 Å². The molecule has 0 saturated carbocycles. The van der Waals surface area contributed by atoms with E-state index in [0.717, 1.165) is 0 Å². The second-order valence-corrected chi connectivity index (χ2v) is 6.10. The maximum absolute atomic E-state index is 12.5. The van der Waals surface area contributed by atoms with Crippen LogP contribution in [0.4, 0.5) is 0 Å². The number of hydrogen-bond acceptors (Lipinski definition) is 4. The molecule has 1 N–H and O–H groups in total. The van der Waals surface area contributed by atoms with Crippen LogP contribution in [-0.2, 0) is 0 Å². The Kier molecular flexibility index (Phi) is 3.41. The van der Waals surface area contributed by atoms with Crippen LogP contribution in [0.3, 0.4) is 0 Å². The number of carbonyl (C=O) groups excluding carboxylic acids is 1. The molecule has 1 aromatic carbocycles. The van der Waals surface area contributed by atoms with Gasteiger partial charge in [0.1, 0.15) is 11.3 Å². The van der Waals surface area contributed by atoms with Gasteiger partial charge in [0.05, 0.1) is 11.8 Å². The fourth-order valence-corrected chi connectivity index (χ4v) is 2.11. The van der Waals surface area contributed by atoms with Crippen molar-refractivity contribution in [2.45, 2.75) is 20.8 Å². The van der Waals surface area contributed by atoms with Gasteiger partial charge in [-0.05, 0) is 12.1 Å². The number of nitrogens with one attached hydrogen (secondary N) is 1. The highest BCUT2D eigenvalue weighted by molar-refractivity contribution is 6.08. The van der Waals surface area contributed by atoms with Crippen LogP contribution in [0, 0.1) is 5.41 Å². The number of aromatic amines is 1. The fourth-order valence-electron chi connectivity index (χ4n) is 2.11. The van der Waals surface area contributed by atoms with E-state index in [1.54, 1.807) is 6.20 Å². The minimum absolute atomic E-state index is 0.0184. The predicted octanol–water partition coefficient (Wildman–Crippen LogP) is 3.98. The van der Waals surface area contributed by atoms with Gasteiger partial charge >= 0.3 is 0 Å². The van der Waals surface area contributed by atoms with Crippen LogP contribution < -0.4 is 4.74 Å². The Bertz CT molecular complexity index is 817. The maximum Gasteiger partial charge on any atom is 0.238 e. The van der Waals surface area contributed by atoms with E-state index in [0.29, 0.717) is 28.4 Å². The zero-order valence-electron chi connectivity index (χ0n) is 12.8. The van der Waals surface area contributed by atoms with Gasteiger partial charge in [0.2, 0.25) is 5.88 Å². The van der Waals surface area contributed by atoms with Crippen molar-refractivity contribution in [2.24, 2.45) is 5.41 Å². The first-order valence-corrected chi connectivity index (χ1v) is 7.07. The van der Waals surface area contributed by atoms with E-state index in [4.69, 9.17) is 4.74 Å². The summed E-state index contributed by atoms with van der Waals surface area (Å²) in [4.78, 5) is 24.2. The van der Waals surface area contributed by atoms with Gasteiger partial charge in [0.25, 0.3) is 0 Å². The number of para-hydroxylation sites is 1. The van der Waals surface area contributed by atoms with E-state index in [1.807, 2.05) is 51.1 Å². The summed E-state index contributed by atoms with van der Waals surface area (Å²) in [5.74, 6) is 1.06. The summed E-state index contributed by atoms with van der Waals surface area (Å²) < 4.78 is 5.68. The van der Waals surface area contributed by atoms with E-state index in [2.05, 4.69) is 15.0 Å². The minimum Gasteiger partial charge on any atom is -0.437 e. The predicted molar refractivity (Wildman–Crippen MR) is 84.2 cm³/mol. The van der Waals surface area contributed by atoms with E-state index in [-0.39, 0.29) is 5.78 Å². The van der Waals surface area contributed by atoms with E-state index >= 15 is 0 Å². The molecule has 5 heteroatoms. The van der Waals surface area contributed by atoms with Crippen molar-refractivity contribution in [2.75, 3.05) is 0 Å². The molecule has 0 aliphatic carbocycles. The Morgan fingerprint density at radius 2 is 1.91 bits per heavy atom. The highest BCUT2D eigenvalue weighted by Crippen LogP contribution is 2.27. The molecule has 0 atom stereocenters. The fraction of sp³-hybridized carbons (Fsp3) is 0.235. The van der Waals surface area contributed by atoms with Crippen molar-refractivity contribution in [3.63, 3.8) is 0 Å². The number of ketones is 1. The minimum atomic E-state index is -0.479. The number of benzene rings is 1. The van der Waals surface area contributed by atoms with Crippen LogP contribution in [0.15, 0.2) is 42.7 Å². The maximum atomic E-state index is 12.5. The Morgan fingerprint density at radius 1 is 1.18 bits per heavy atom. The van der Waals surface area contributed by atoms with Crippen LogP contribution in [0.5, 0.6) is 11.6 Å². The van der Waals surface area contributed by atoms with Crippen LogP contribution in [-0.4, -0.2) is 20.7 Å². The molecule has 0 amide bonds. The molecule has 5 nitrogen and oxygen atoms in total. The molecule has 0 spiro atoms. The molecule has 0 aliphatic rings. The third-order valence-corrected chi connectivity index (χ3v) is 3.25. The Hall–Kier alpha value is -2.69. The summed E-state index contributed by atoms with van der Waals surface area (Å²) in [5.41, 5.74) is 1.17. The number of rotatable bonds is 3. The smallest absolute Gasteiger partial charge is 0.238 e. The van der Waals surface area contributed by atoms with Gasteiger partial charge in [-0.25, -0.2) is 9.97 Å². The molecule has 0 saturated heterocycles. The standard InChI is InChI=1S/C17H17N3O2/c1-17(2,3)15(21)12-9-18-16-14(12)20-13(10-19-16)22-11-7-5-4-6-8-11/h4-10H,1-3H3,(H,18,19). The summed E-state index contributed by atoms with van der Waals surface area (Å²) in [6.07, 6.45) is 3.20. The third-order valence-electron chi connectivity index (χ3n) is 3.25. The summed E-state index contributed by atoms with van der Waals surface area (Å²) >= 11 is 0. The van der Waals surface area contributed by atoms with E-state index in [9.17, 15) is 4.79 Å². The number of aromatic nitrogens is 3. The van der Waals surface area contributed by atoms with Gasteiger partial charge in [-0.2, -0.15) is 0 Å². The number of H-pyrrole nitrogens is 1. The molecular weight excluding hydrogens is 278 g/mol. The van der Waals surface area contributed by atoms with Crippen molar-refractivity contribution in [1.29, 1.82) is 0 Å². The topological polar surface area (TPSA) is 67.9 Å². The number of hydrogen-bond donors (Lipinski definition) is 1. The molecule has 0 radical (unpaired) electrons. The lowest BCUT2D eigenvalue weighted by Gasteiger charge is -2.15. The van der Waals surface area contributed by atoms with Crippen molar-refractivity contribution >= 4 is 16.9 Å². The van der Waals surface area contributed by atoms with E-state index in [1.165, 1.54) is 6.20 Å².